The van der Waals surface area contributed by atoms with E-state index >= 15 is 0 Å². The Bertz CT molecular complexity index is 489. The van der Waals surface area contributed by atoms with Crippen LogP contribution in [0, 0.1) is 0 Å². The molecule has 18 heavy (non-hydrogen) atoms. The number of benzene rings is 1. The Morgan fingerprint density at radius 2 is 2.06 bits per heavy atom. The summed E-state index contributed by atoms with van der Waals surface area (Å²) in [7, 11) is 0. The van der Waals surface area contributed by atoms with Crippen LogP contribution >= 0.6 is 0 Å². The molecule has 0 aromatic heterocycles. The van der Waals surface area contributed by atoms with Crippen LogP contribution in [0.1, 0.15) is 33.2 Å². The molecule has 0 aliphatic rings. The summed E-state index contributed by atoms with van der Waals surface area (Å²) >= 11 is 0. The SMILES string of the molecule is C=C(C)C(=O)OCCc1cccc(C=O)c1C=O. The number of hydrogen-bond acceptors (Lipinski definition) is 4. The fraction of sp³-hybridized carbons (Fsp3) is 0.214. The van der Waals surface area contributed by atoms with Gasteiger partial charge in [0.2, 0.25) is 0 Å². The van der Waals surface area contributed by atoms with Crippen LogP contribution in [-0.4, -0.2) is 25.1 Å². The maximum Gasteiger partial charge on any atom is 0.333 e. The predicted molar refractivity (Wildman–Crippen MR) is 66.7 cm³/mol. The van der Waals surface area contributed by atoms with E-state index in [1.165, 1.54) is 0 Å². The van der Waals surface area contributed by atoms with Crippen molar-refractivity contribution in [2.75, 3.05) is 6.61 Å². The van der Waals surface area contributed by atoms with Crippen LogP contribution in [0.2, 0.25) is 0 Å². The van der Waals surface area contributed by atoms with Gasteiger partial charge in [0.15, 0.2) is 12.6 Å². The first kappa shape index (κ1) is 13.8. The summed E-state index contributed by atoms with van der Waals surface area (Å²) in [6.45, 7) is 5.17. The van der Waals surface area contributed by atoms with E-state index in [-0.39, 0.29) is 6.61 Å². The van der Waals surface area contributed by atoms with Gasteiger partial charge < -0.3 is 4.74 Å². The van der Waals surface area contributed by atoms with Crippen molar-refractivity contribution in [1.29, 1.82) is 0 Å². The largest absolute Gasteiger partial charge is 0.462 e. The first-order valence-electron chi connectivity index (χ1n) is 5.45. The van der Waals surface area contributed by atoms with E-state index in [1.54, 1.807) is 25.1 Å². The number of rotatable bonds is 6. The van der Waals surface area contributed by atoms with Crippen molar-refractivity contribution in [1.82, 2.24) is 0 Å². The van der Waals surface area contributed by atoms with Gasteiger partial charge in [-0.15, -0.1) is 0 Å². The van der Waals surface area contributed by atoms with Gasteiger partial charge in [-0.25, -0.2) is 4.79 Å². The van der Waals surface area contributed by atoms with Gasteiger partial charge in [0.1, 0.15) is 0 Å². The van der Waals surface area contributed by atoms with Crippen molar-refractivity contribution in [2.24, 2.45) is 0 Å². The molecule has 0 aliphatic carbocycles. The van der Waals surface area contributed by atoms with Crippen LogP contribution in [0.15, 0.2) is 30.4 Å². The second-order valence-electron chi connectivity index (χ2n) is 3.82. The third-order valence-electron chi connectivity index (χ3n) is 2.43. The summed E-state index contributed by atoms with van der Waals surface area (Å²) in [4.78, 5) is 32.8. The third-order valence-corrected chi connectivity index (χ3v) is 2.43. The molecule has 1 aromatic rings. The van der Waals surface area contributed by atoms with Crippen LogP contribution in [-0.2, 0) is 16.0 Å². The van der Waals surface area contributed by atoms with Crippen molar-refractivity contribution >= 4 is 18.5 Å². The molecule has 0 radical (unpaired) electrons. The number of hydrogen-bond donors (Lipinski definition) is 0. The molecule has 0 N–H and O–H groups in total. The van der Waals surface area contributed by atoms with Gasteiger partial charge in [-0.3, -0.25) is 9.59 Å². The maximum absolute atomic E-state index is 11.2. The highest BCUT2D eigenvalue weighted by atomic mass is 16.5. The lowest BCUT2D eigenvalue weighted by Crippen LogP contribution is -2.09. The second kappa shape index (κ2) is 6.49. The van der Waals surface area contributed by atoms with Crippen LogP contribution in [0.3, 0.4) is 0 Å². The highest BCUT2D eigenvalue weighted by Gasteiger charge is 2.08. The minimum Gasteiger partial charge on any atom is -0.462 e. The molecule has 0 saturated heterocycles. The van der Waals surface area contributed by atoms with Gasteiger partial charge in [-0.1, -0.05) is 24.8 Å². The lowest BCUT2D eigenvalue weighted by molar-refractivity contribution is -0.138. The summed E-state index contributed by atoms with van der Waals surface area (Å²) in [5.74, 6) is -0.464. The van der Waals surface area contributed by atoms with E-state index in [0.29, 0.717) is 41.3 Å². The molecule has 0 aliphatic heterocycles. The van der Waals surface area contributed by atoms with Gasteiger partial charge in [-0.2, -0.15) is 0 Å². The highest BCUT2D eigenvalue weighted by Crippen LogP contribution is 2.12. The third kappa shape index (κ3) is 3.38. The Morgan fingerprint density at radius 3 is 2.61 bits per heavy atom. The van der Waals surface area contributed by atoms with E-state index in [9.17, 15) is 14.4 Å². The van der Waals surface area contributed by atoms with E-state index < -0.39 is 5.97 Å². The zero-order valence-corrected chi connectivity index (χ0v) is 10.1. The molecule has 4 heteroatoms. The molecule has 4 nitrogen and oxygen atoms in total. The molecule has 0 spiro atoms. The molecule has 1 rings (SSSR count). The Balaban J connectivity index is 2.73. The lowest BCUT2D eigenvalue weighted by atomic mass is 10.0. The van der Waals surface area contributed by atoms with Crippen molar-refractivity contribution in [3.05, 3.63) is 47.0 Å². The quantitative estimate of drug-likeness (QED) is 0.437. The van der Waals surface area contributed by atoms with Crippen LogP contribution < -0.4 is 0 Å². The number of aldehydes is 2. The smallest absolute Gasteiger partial charge is 0.333 e. The average Bonchev–Trinajstić information content (AvgIpc) is 2.37. The van der Waals surface area contributed by atoms with Crippen molar-refractivity contribution in [3.63, 3.8) is 0 Å². The second-order valence-corrected chi connectivity index (χ2v) is 3.82. The molecule has 0 saturated carbocycles. The zero-order valence-electron chi connectivity index (χ0n) is 10.1. The minimum atomic E-state index is -0.464. The Hall–Kier alpha value is -2.23. The van der Waals surface area contributed by atoms with E-state index in [2.05, 4.69) is 6.58 Å². The van der Waals surface area contributed by atoms with Crippen LogP contribution in [0.5, 0.6) is 0 Å². The first-order valence-corrected chi connectivity index (χ1v) is 5.45. The van der Waals surface area contributed by atoms with Crippen LogP contribution in [0.4, 0.5) is 0 Å². The van der Waals surface area contributed by atoms with E-state index in [1.807, 2.05) is 0 Å². The number of carbonyl (C=O) groups is 3. The molecule has 0 heterocycles. The minimum absolute atomic E-state index is 0.148. The van der Waals surface area contributed by atoms with Crippen molar-refractivity contribution < 1.29 is 19.1 Å². The molecule has 94 valence electrons. The molecule has 0 amide bonds. The normalized spacial score (nSPS) is 9.61. The van der Waals surface area contributed by atoms with Crippen molar-refractivity contribution in [3.8, 4) is 0 Å². The van der Waals surface area contributed by atoms with Gasteiger partial charge in [0.25, 0.3) is 0 Å². The molecular weight excluding hydrogens is 232 g/mol. The number of esters is 1. The van der Waals surface area contributed by atoms with Gasteiger partial charge >= 0.3 is 5.97 Å². The first-order chi connectivity index (χ1) is 8.60. The Kier molecular flexibility index (Phi) is 4.99. The molecule has 0 unspecified atom stereocenters. The van der Waals surface area contributed by atoms with Gasteiger partial charge in [0.05, 0.1) is 6.61 Å². The average molecular weight is 246 g/mol. The Morgan fingerprint density at radius 1 is 1.33 bits per heavy atom. The summed E-state index contributed by atoms with van der Waals surface area (Å²) in [5, 5.41) is 0. The fourth-order valence-electron chi connectivity index (χ4n) is 1.47. The highest BCUT2D eigenvalue weighted by molar-refractivity contribution is 5.91. The van der Waals surface area contributed by atoms with E-state index in [4.69, 9.17) is 4.74 Å². The lowest BCUT2D eigenvalue weighted by Gasteiger charge is -2.07. The fourth-order valence-corrected chi connectivity index (χ4v) is 1.47. The predicted octanol–water partition coefficient (Wildman–Crippen LogP) is 1.97. The van der Waals surface area contributed by atoms with Gasteiger partial charge in [-0.05, 0) is 12.5 Å². The standard InChI is InChI=1S/C14H14O4/c1-10(2)14(17)18-7-6-11-4-3-5-12(8-15)13(11)9-16/h3-5,8-9H,1,6-7H2,2H3. The zero-order chi connectivity index (χ0) is 13.5. The Labute approximate surface area is 105 Å². The van der Waals surface area contributed by atoms with Gasteiger partial charge in [0, 0.05) is 23.1 Å². The number of ether oxygens (including phenoxy) is 1. The van der Waals surface area contributed by atoms with Crippen LogP contribution in [0.25, 0.3) is 0 Å². The summed E-state index contributed by atoms with van der Waals surface area (Å²) in [6, 6.07) is 4.98. The van der Waals surface area contributed by atoms with E-state index in [0.717, 1.165) is 0 Å². The molecular formula is C14H14O4. The summed E-state index contributed by atoms with van der Waals surface area (Å²) < 4.78 is 4.94. The molecule has 0 bridgehead atoms. The van der Waals surface area contributed by atoms with Crippen molar-refractivity contribution in [2.45, 2.75) is 13.3 Å². The topological polar surface area (TPSA) is 60.4 Å². The molecule has 0 atom stereocenters. The summed E-state index contributed by atoms with van der Waals surface area (Å²) in [5.41, 5.74) is 1.70. The molecule has 0 fully saturated rings. The maximum atomic E-state index is 11.2. The number of carbonyl (C=O) groups excluding carboxylic acids is 3. The monoisotopic (exact) mass is 246 g/mol. The molecule has 1 aromatic carbocycles. The summed E-state index contributed by atoms with van der Waals surface area (Å²) in [6.07, 6.45) is 1.65.